The second-order valence-corrected chi connectivity index (χ2v) is 8.59. The first kappa shape index (κ1) is 23.4. The van der Waals surface area contributed by atoms with Crippen LogP contribution in [0.1, 0.15) is 19.8 Å². The van der Waals surface area contributed by atoms with Gasteiger partial charge in [0, 0.05) is 42.5 Å². The van der Waals surface area contributed by atoms with Crippen LogP contribution in [0.3, 0.4) is 0 Å². The van der Waals surface area contributed by atoms with E-state index >= 15 is 0 Å². The molecule has 1 aliphatic rings. The molecular formula is C26H25N5O5. The maximum absolute atomic E-state index is 13.2. The van der Waals surface area contributed by atoms with Gasteiger partial charge in [0.15, 0.2) is 0 Å². The summed E-state index contributed by atoms with van der Waals surface area (Å²) in [7, 11) is 0. The molecule has 4 aromatic rings. The minimum absolute atomic E-state index is 0.138. The Labute approximate surface area is 206 Å². The van der Waals surface area contributed by atoms with E-state index in [0.29, 0.717) is 54.8 Å². The summed E-state index contributed by atoms with van der Waals surface area (Å²) in [5.74, 6) is -0.251. The van der Waals surface area contributed by atoms with Crippen LogP contribution in [-0.4, -0.2) is 56.2 Å². The average molecular weight is 488 g/mol. The summed E-state index contributed by atoms with van der Waals surface area (Å²) in [5, 5.41) is 4.75. The Balaban J connectivity index is 1.44. The molecule has 1 saturated heterocycles. The molecule has 0 N–H and O–H groups in total. The van der Waals surface area contributed by atoms with E-state index in [2.05, 4.69) is 15.1 Å². The third kappa shape index (κ3) is 4.61. The maximum atomic E-state index is 13.2. The van der Waals surface area contributed by atoms with Gasteiger partial charge in [0.2, 0.25) is 11.7 Å². The first-order valence-electron chi connectivity index (χ1n) is 11.9. The molecule has 0 spiro atoms. The molecule has 36 heavy (non-hydrogen) atoms. The van der Waals surface area contributed by atoms with Gasteiger partial charge in [0.25, 0.3) is 11.4 Å². The third-order valence-corrected chi connectivity index (χ3v) is 6.30. The second-order valence-electron chi connectivity index (χ2n) is 8.59. The molecule has 0 radical (unpaired) electrons. The summed E-state index contributed by atoms with van der Waals surface area (Å²) in [6.45, 7) is 2.77. The number of ether oxygens (including phenoxy) is 1. The molecule has 1 fully saturated rings. The lowest BCUT2D eigenvalue weighted by atomic mass is 9.98. The highest BCUT2D eigenvalue weighted by atomic mass is 16.5. The van der Waals surface area contributed by atoms with Crippen LogP contribution >= 0.6 is 0 Å². The Morgan fingerprint density at radius 3 is 2.78 bits per heavy atom. The zero-order valence-corrected chi connectivity index (χ0v) is 19.8. The number of amides is 1. The van der Waals surface area contributed by atoms with E-state index < -0.39 is 0 Å². The van der Waals surface area contributed by atoms with E-state index in [1.165, 1.54) is 10.6 Å². The maximum Gasteiger partial charge on any atom is 0.310 e. The Kier molecular flexibility index (Phi) is 6.57. The van der Waals surface area contributed by atoms with Gasteiger partial charge in [-0.1, -0.05) is 23.4 Å². The zero-order chi connectivity index (χ0) is 25.1. The van der Waals surface area contributed by atoms with Crippen molar-refractivity contribution in [2.24, 2.45) is 5.92 Å². The van der Waals surface area contributed by atoms with Gasteiger partial charge in [-0.15, -0.1) is 0 Å². The molecule has 0 unspecified atom stereocenters. The summed E-state index contributed by atoms with van der Waals surface area (Å²) in [6, 6.07) is 12.2. The predicted octanol–water partition coefficient (Wildman–Crippen LogP) is 2.92. The topological polar surface area (TPSA) is 120 Å². The fourth-order valence-electron chi connectivity index (χ4n) is 4.52. The van der Waals surface area contributed by atoms with Crippen LogP contribution in [0.5, 0.6) is 0 Å². The van der Waals surface area contributed by atoms with Crippen molar-refractivity contribution in [3.8, 4) is 22.8 Å². The van der Waals surface area contributed by atoms with Crippen LogP contribution in [0.2, 0.25) is 0 Å². The summed E-state index contributed by atoms with van der Waals surface area (Å²) in [5.41, 5.74) is 1.45. The minimum atomic E-state index is -0.361. The quantitative estimate of drug-likeness (QED) is 0.381. The highest BCUT2D eigenvalue weighted by Gasteiger charge is 2.30. The summed E-state index contributed by atoms with van der Waals surface area (Å²) in [4.78, 5) is 48.7. The van der Waals surface area contributed by atoms with Crippen molar-refractivity contribution >= 4 is 22.8 Å². The number of esters is 1. The van der Waals surface area contributed by atoms with Gasteiger partial charge < -0.3 is 14.2 Å². The fourth-order valence-corrected chi connectivity index (χ4v) is 4.52. The van der Waals surface area contributed by atoms with Crippen molar-refractivity contribution in [3.05, 3.63) is 65.2 Å². The number of nitrogens with zero attached hydrogens (tertiary/aromatic N) is 5. The van der Waals surface area contributed by atoms with Crippen LogP contribution < -0.4 is 5.56 Å². The molecule has 1 aromatic carbocycles. The van der Waals surface area contributed by atoms with E-state index in [1.54, 1.807) is 48.5 Å². The molecule has 10 heteroatoms. The Morgan fingerprint density at radius 2 is 1.97 bits per heavy atom. The van der Waals surface area contributed by atoms with E-state index in [-0.39, 0.29) is 35.8 Å². The summed E-state index contributed by atoms with van der Waals surface area (Å²) in [6.07, 6.45) is 4.67. The standard InChI is InChI=1S/C26H25N5O5/c1-2-35-26(34)18-6-5-13-30(15-18)23(33)16-31-21-8-4-3-7-19(21)20(14-22(31)32)25-28-24(29-36-25)17-9-11-27-12-10-17/h3-4,7-12,14,18H,2,5-6,13,15-16H2,1H3/t18-/m1/s1. The number of para-hydroxylation sites is 1. The third-order valence-electron chi connectivity index (χ3n) is 6.30. The molecule has 4 heterocycles. The number of hydrogen-bond donors (Lipinski definition) is 0. The highest BCUT2D eigenvalue weighted by Crippen LogP contribution is 2.28. The number of carbonyl (C=O) groups is 2. The lowest BCUT2D eigenvalue weighted by Crippen LogP contribution is -2.45. The number of fused-ring (bicyclic) bond motifs is 1. The Morgan fingerprint density at radius 1 is 1.17 bits per heavy atom. The van der Waals surface area contributed by atoms with Crippen molar-refractivity contribution in [1.29, 1.82) is 0 Å². The van der Waals surface area contributed by atoms with Crippen LogP contribution in [0.25, 0.3) is 33.7 Å². The van der Waals surface area contributed by atoms with Crippen molar-refractivity contribution in [2.75, 3.05) is 19.7 Å². The smallest absolute Gasteiger partial charge is 0.310 e. The zero-order valence-electron chi connectivity index (χ0n) is 19.8. The van der Waals surface area contributed by atoms with Crippen LogP contribution in [-0.2, 0) is 20.9 Å². The van der Waals surface area contributed by atoms with Crippen molar-refractivity contribution in [2.45, 2.75) is 26.3 Å². The number of likely N-dealkylation sites (tertiary alicyclic amines) is 1. The van der Waals surface area contributed by atoms with Crippen LogP contribution in [0.4, 0.5) is 0 Å². The Hall–Kier alpha value is -4.34. The number of hydrogen-bond acceptors (Lipinski definition) is 8. The molecule has 10 nitrogen and oxygen atoms in total. The molecule has 184 valence electrons. The SMILES string of the molecule is CCOC(=O)[C@@H]1CCCN(C(=O)Cn2c(=O)cc(-c3nc(-c4ccncc4)no3)c3ccccc32)C1. The first-order chi connectivity index (χ1) is 17.5. The van der Waals surface area contributed by atoms with Gasteiger partial charge in [-0.3, -0.25) is 23.9 Å². The number of piperidine rings is 1. The summed E-state index contributed by atoms with van der Waals surface area (Å²) < 4.78 is 12.1. The molecule has 1 atom stereocenters. The molecule has 0 saturated carbocycles. The minimum Gasteiger partial charge on any atom is -0.466 e. The number of pyridine rings is 2. The van der Waals surface area contributed by atoms with Gasteiger partial charge >= 0.3 is 5.97 Å². The molecule has 0 aliphatic carbocycles. The normalized spacial score (nSPS) is 15.7. The number of benzene rings is 1. The van der Waals surface area contributed by atoms with Gasteiger partial charge in [-0.2, -0.15) is 4.98 Å². The number of aromatic nitrogens is 4. The van der Waals surface area contributed by atoms with Gasteiger partial charge in [0.1, 0.15) is 6.54 Å². The molecule has 5 rings (SSSR count). The second kappa shape index (κ2) is 10.1. The molecule has 0 bridgehead atoms. The van der Waals surface area contributed by atoms with Crippen molar-refractivity contribution in [1.82, 2.24) is 24.6 Å². The molecular weight excluding hydrogens is 462 g/mol. The van der Waals surface area contributed by atoms with Crippen molar-refractivity contribution in [3.63, 3.8) is 0 Å². The largest absolute Gasteiger partial charge is 0.466 e. The number of rotatable bonds is 6. The highest BCUT2D eigenvalue weighted by molar-refractivity contribution is 5.93. The van der Waals surface area contributed by atoms with E-state index in [0.717, 1.165) is 5.56 Å². The lowest BCUT2D eigenvalue weighted by Gasteiger charge is -2.31. The molecule has 3 aromatic heterocycles. The predicted molar refractivity (Wildman–Crippen MR) is 131 cm³/mol. The van der Waals surface area contributed by atoms with Gasteiger partial charge in [-0.25, -0.2) is 0 Å². The lowest BCUT2D eigenvalue weighted by molar-refractivity contribution is -0.151. The van der Waals surface area contributed by atoms with E-state index in [9.17, 15) is 14.4 Å². The molecule has 1 aliphatic heterocycles. The van der Waals surface area contributed by atoms with Crippen LogP contribution in [0.15, 0.2) is 64.2 Å². The summed E-state index contributed by atoms with van der Waals surface area (Å²) >= 11 is 0. The molecule has 1 amide bonds. The Bertz CT molecular complexity index is 1460. The average Bonchev–Trinajstić information content (AvgIpc) is 3.41. The van der Waals surface area contributed by atoms with Crippen LogP contribution in [0, 0.1) is 5.92 Å². The fraction of sp³-hybridized carbons (Fsp3) is 0.308. The number of carbonyl (C=O) groups excluding carboxylic acids is 2. The van der Waals surface area contributed by atoms with Gasteiger partial charge in [-0.05, 0) is 38.0 Å². The monoisotopic (exact) mass is 487 g/mol. The van der Waals surface area contributed by atoms with E-state index in [1.807, 2.05) is 12.1 Å². The van der Waals surface area contributed by atoms with Gasteiger partial charge in [0.05, 0.1) is 23.6 Å². The van der Waals surface area contributed by atoms with E-state index in [4.69, 9.17) is 9.26 Å². The first-order valence-corrected chi connectivity index (χ1v) is 11.9. The van der Waals surface area contributed by atoms with Crippen molar-refractivity contribution < 1.29 is 18.8 Å².